The molecular formula is C38H37N3O8S2. The number of aliphatic carboxylic acids is 1. The molecule has 264 valence electrons. The molecule has 4 aromatic rings. The van der Waals surface area contributed by atoms with Crippen LogP contribution >= 0.6 is 23.1 Å². The lowest BCUT2D eigenvalue weighted by Crippen LogP contribution is -2.49. The molecule has 1 aromatic heterocycles. The summed E-state index contributed by atoms with van der Waals surface area (Å²) in [7, 11) is 0. The number of thioether (sulfide) groups is 1. The second-order valence-electron chi connectivity index (χ2n) is 14.1. The third-order valence-electron chi connectivity index (χ3n) is 10.9. The zero-order valence-corrected chi connectivity index (χ0v) is 29.8. The van der Waals surface area contributed by atoms with E-state index in [1.165, 1.54) is 0 Å². The fourth-order valence-corrected chi connectivity index (χ4v) is 12.0. The van der Waals surface area contributed by atoms with Crippen LogP contribution in [-0.4, -0.2) is 63.2 Å². The summed E-state index contributed by atoms with van der Waals surface area (Å²) in [6.45, 7) is 5.39. The quantitative estimate of drug-likeness (QED) is 0.178. The van der Waals surface area contributed by atoms with Crippen LogP contribution in [0.2, 0.25) is 0 Å². The lowest BCUT2D eigenvalue weighted by molar-refractivity contribution is -0.157. The van der Waals surface area contributed by atoms with Crippen molar-refractivity contribution in [2.45, 2.75) is 49.4 Å². The number of ether oxygens (including phenoxy) is 2. The van der Waals surface area contributed by atoms with Crippen molar-refractivity contribution in [1.82, 2.24) is 9.88 Å². The fraction of sp³-hybridized carbons (Fsp3) is 0.395. The molecule has 2 saturated carbocycles. The summed E-state index contributed by atoms with van der Waals surface area (Å²) in [6.07, 6.45) is 0.684. The van der Waals surface area contributed by atoms with E-state index in [0.717, 1.165) is 42.5 Å². The summed E-state index contributed by atoms with van der Waals surface area (Å²) in [5, 5.41) is 15.7. The highest BCUT2D eigenvalue weighted by Crippen LogP contribution is 2.69. The van der Waals surface area contributed by atoms with E-state index in [2.05, 4.69) is 10.3 Å². The monoisotopic (exact) mass is 727 g/mol. The van der Waals surface area contributed by atoms with E-state index in [9.17, 15) is 29.1 Å². The number of aromatic nitrogens is 1. The summed E-state index contributed by atoms with van der Waals surface area (Å²) in [6, 6.07) is 18.0. The van der Waals surface area contributed by atoms with E-state index in [4.69, 9.17) is 9.47 Å². The second-order valence-corrected chi connectivity index (χ2v) is 16.3. The summed E-state index contributed by atoms with van der Waals surface area (Å²) < 4.78 is 12.0. The number of hydrogen-bond donors (Lipinski definition) is 3. The van der Waals surface area contributed by atoms with E-state index in [1.54, 1.807) is 31.7 Å². The number of thiazole rings is 1. The summed E-state index contributed by atoms with van der Waals surface area (Å²) in [5.41, 5.74) is 1.54. The van der Waals surface area contributed by atoms with Crippen molar-refractivity contribution in [3.63, 3.8) is 0 Å². The van der Waals surface area contributed by atoms with Crippen molar-refractivity contribution in [3.05, 3.63) is 80.8 Å². The molecule has 3 aromatic carbocycles. The van der Waals surface area contributed by atoms with E-state index in [-0.39, 0.29) is 52.2 Å². The van der Waals surface area contributed by atoms with Crippen LogP contribution in [0.3, 0.4) is 0 Å². The zero-order valence-electron chi connectivity index (χ0n) is 28.2. The maximum atomic E-state index is 14.0. The number of anilines is 1. The van der Waals surface area contributed by atoms with Gasteiger partial charge in [0.25, 0.3) is 5.91 Å². The number of nitrogens with one attached hydrogen (secondary N) is 2. The van der Waals surface area contributed by atoms with Crippen molar-refractivity contribution in [3.8, 4) is 11.5 Å². The first-order valence-electron chi connectivity index (χ1n) is 17.2. The van der Waals surface area contributed by atoms with Gasteiger partial charge in [-0.15, -0.1) is 11.8 Å². The first-order valence-corrected chi connectivity index (χ1v) is 18.9. The van der Waals surface area contributed by atoms with Gasteiger partial charge in [0.15, 0.2) is 18.1 Å². The topological polar surface area (TPSA) is 155 Å². The molecule has 8 rings (SSSR count). The molecule has 2 bridgehead atoms. The molecule has 3 N–H and O–H groups in total. The Morgan fingerprint density at radius 2 is 1.71 bits per heavy atom. The van der Waals surface area contributed by atoms with Crippen LogP contribution in [0, 0.1) is 35.5 Å². The Morgan fingerprint density at radius 3 is 2.43 bits per heavy atom. The Morgan fingerprint density at radius 1 is 0.961 bits per heavy atom. The van der Waals surface area contributed by atoms with Gasteiger partial charge in [-0.05, 0) is 77.6 Å². The Labute approximate surface area is 301 Å². The number of nitrogens with zero attached hydrogens (tertiary/aromatic N) is 1. The van der Waals surface area contributed by atoms with E-state index in [0.29, 0.717) is 30.2 Å². The summed E-state index contributed by atoms with van der Waals surface area (Å²) in [5.74, 6) is -3.68. The molecular weight excluding hydrogens is 691 g/mol. The van der Waals surface area contributed by atoms with Crippen molar-refractivity contribution >= 4 is 63.2 Å². The van der Waals surface area contributed by atoms with Gasteiger partial charge in [-0.25, -0.2) is 4.79 Å². The Hall–Kier alpha value is -4.62. The second kappa shape index (κ2) is 12.9. The minimum Gasteiger partial charge on any atom is -0.490 e. The van der Waals surface area contributed by atoms with Crippen LogP contribution in [0.1, 0.15) is 43.6 Å². The predicted octanol–water partition coefficient (Wildman–Crippen LogP) is 5.59. The Bertz CT molecular complexity index is 2140. The number of amides is 3. The van der Waals surface area contributed by atoms with Gasteiger partial charge in [-0.1, -0.05) is 61.6 Å². The normalized spacial score (nSPS) is 26.6. The van der Waals surface area contributed by atoms with Gasteiger partial charge < -0.3 is 24.9 Å². The third-order valence-corrected chi connectivity index (χ3v) is 13.5. The number of hydrogen-bond acceptors (Lipinski definition) is 9. The van der Waals surface area contributed by atoms with E-state index in [1.807, 2.05) is 61.5 Å². The molecule has 51 heavy (non-hydrogen) atoms. The number of carbonyl (C=O) groups is 4. The number of carbonyl (C=O) groups excluding carboxylic acids is 3. The van der Waals surface area contributed by atoms with Gasteiger partial charge in [0.1, 0.15) is 6.04 Å². The highest BCUT2D eigenvalue weighted by atomic mass is 32.2. The van der Waals surface area contributed by atoms with Crippen molar-refractivity contribution in [1.29, 1.82) is 0 Å². The van der Waals surface area contributed by atoms with Gasteiger partial charge in [0.2, 0.25) is 11.8 Å². The highest BCUT2D eigenvalue weighted by Gasteiger charge is 2.70. The molecule has 3 heterocycles. The summed E-state index contributed by atoms with van der Waals surface area (Å²) in [4.78, 5) is 70.5. The van der Waals surface area contributed by atoms with Gasteiger partial charge >= 0.3 is 10.8 Å². The molecule has 7 unspecified atom stereocenters. The standard InChI is InChI=1S/C38H37N3O8S2/c1-4-48-25-14-20(10-12-24(25)49-16-26(42)39-21-11-9-18-7-5-6-8-19(18)13-21)27-28-22-15-23(32(28)50-34-33(27)51-38(47)40-34)30-29(22)35(43)41(36(30)44)31(17(2)3)37(45)46/h5-14,17,22-23,27-32H,4,15-16H2,1-3H3,(H,39,42)(H,40,47)(H,45,46)/t22?,23?,27-,28?,29?,30?,31?,32?/m1/s1. The molecule has 0 spiro atoms. The molecule has 1 saturated heterocycles. The van der Waals surface area contributed by atoms with Gasteiger partial charge in [0.05, 0.1) is 23.5 Å². The van der Waals surface area contributed by atoms with Crippen LogP contribution in [0.4, 0.5) is 5.69 Å². The van der Waals surface area contributed by atoms with Crippen molar-refractivity contribution in [2.24, 2.45) is 35.5 Å². The number of rotatable bonds is 10. The number of H-pyrrole nitrogens is 1. The molecule has 4 aliphatic rings. The van der Waals surface area contributed by atoms with Crippen LogP contribution in [0.25, 0.3) is 10.8 Å². The number of benzene rings is 3. The van der Waals surface area contributed by atoms with Crippen LogP contribution in [-0.2, 0) is 19.2 Å². The van der Waals surface area contributed by atoms with Gasteiger partial charge in [-0.3, -0.25) is 24.1 Å². The Kier molecular flexibility index (Phi) is 8.45. The minimum absolute atomic E-state index is 0.0525. The van der Waals surface area contributed by atoms with Crippen molar-refractivity contribution in [2.75, 3.05) is 18.5 Å². The number of imide groups is 1. The smallest absolute Gasteiger partial charge is 0.327 e. The zero-order chi connectivity index (χ0) is 35.7. The summed E-state index contributed by atoms with van der Waals surface area (Å²) >= 11 is 2.72. The Balaban J connectivity index is 1.08. The number of fused-ring (bicyclic) bond motifs is 10. The molecule has 13 heteroatoms. The first kappa shape index (κ1) is 33.5. The molecule has 11 nitrogen and oxygen atoms in total. The third kappa shape index (κ3) is 5.52. The predicted molar refractivity (Wildman–Crippen MR) is 192 cm³/mol. The van der Waals surface area contributed by atoms with Gasteiger partial charge in [0, 0.05) is 21.7 Å². The maximum Gasteiger partial charge on any atom is 0.327 e. The number of likely N-dealkylation sites (tertiary alicyclic amines) is 1. The van der Waals surface area contributed by atoms with Crippen LogP contribution in [0.5, 0.6) is 11.5 Å². The van der Waals surface area contributed by atoms with Gasteiger partial charge in [-0.2, -0.15) is 0 Å². The lowest BCUT2D eigenvalue weighted by Gasteiger charge is -2.43. The molecule has 3 fully saturated rings. The first-order chi connectivity index (χ1) is 24.5. The molecule has 8 atom stereocenters. The van der Waals surface area contributed by atoms with E-state index >= 15 is 0 Å². The van der Waals surface area contributed by atoms with Crippen LogP contribution < -0.4 is 19.7 Å². The van der Waals surface area contributed by atoms with E-state index < -0.39 is 35.7 Å². The average molecular weight is 728 g/mol. The SMILES string of the molecule is CCOc1cc([C@H]2c3sc(=O)[nH]c3SC3C4CC(C5C(=O)N(C(C(=O)O)C(C)C)C(=O)C45)C32)ccc1OCC(=O)Nc1ccc2ccccc2c1. The molecule has 0 radical (unpaired) electrons. The van der Waals surface area contributed by atoms with Crippen molar-refractivity contribution < 1.29 is 33.8 Å². The minimum atomic E-state index is -1.21. The lowest BCUT2D eigenvalue weighted by atomic mass is 9.68. The van der Waals surface area contributed by atoms with Crippen LogP contribution in [0.15, 0.2) is 70.5 Å². The molecule has 2 aliphatic heterocycles. The number of aromatic amines is 1. The molecule has 2 aliphatic carbocycles. The molecule has 3 amide bonds. The number of carboxylic acid groups (broad SMARTS) is 1. The number of carboxylic acids is 1. The average Bonchev–Trinajstić information content (AvgIpc) is 3.83. The largest absolute Gasteiger partial charge is 0.490 e. The fourth-order valence-electron chi connectivity index (χ4n) is 9.09. The highest BCUT2D eigenvalue weighted by molar-refractivity contribution is 8.00. The maximum absolute atomic E-state index is 14.0.